The van der Waals surface area contributed by atoms with Crippen molar-refractivity contribution >= 4 is 43.5 Å². The first kappa shape index (κ1) is 30.2. The van der Waals surface area contributed by atoms with Gasteiger partial charge in [0.05, 0.1) is 17.2 Å². The van der Waals surface area contributed by atoms with Crippen LogP contribution in [0.3, 0.4) is 0 Å². The molecule has 1 atom stereocenters. The average Bonchev–Trinajstić information content (AvgIpc) is 2.92. The van der Waals surface area contributed by atoms with E-state index >= 15 is 0 Å². The summed E-state index contributed by atoms with van der Waals surface area (Å²) in [6.07, 6.45) is 0. The van der Waals surface area contributed by atoms with E-state index in [4.69, 9.17) is 4.74 Å². The van der Waals surface area contributed by atoms with Gasteiger partial charge in [-0.05, 0) is 87.4 Å². The van der Waals surface area contributed by atoms with Crippen molar-refractivity contribution in [2.75, 3.05) is 24.0 Å². The lowest BCUT2D eigenvalue weighted by Crippen LogP contribution is -2.51. The van der Waals surface area contributed by atoms with E-state index < -0.39 is 28.5 Å². The summed E-state index contributed by atoms with van der Waals surface area (Å²) in [5, 5.41) is 2.76. The Morgan fingerprint density at radius 2 is 1.62 bits per heavy atom. The number of amides is 2. The maximum atomic E-state index is 13.9. The second-order valence-electron chi connectivity index (χ2n) is 8.91. The smallest absolute Gasteiger partial charge is 0.264 e. The zero-order valence-electron chi connectivity index (χ0n) is 22.6. The molecule has 0 aliphatic carbocycles. The quantitative estimate of drug-likeness (QED) is 0.312. The number of sulfonamides is 1. The molecule has 0 bridgehead atoms. The fraction of sp³-hybridized carbons (Fsp3) is 0.310. The third-order valence-corrected chi connectivity index (χ3v) is 8.55. The number of anilines is 1. The third-order valence-electron chi connectivity index (χ3n) is 6.24. The molecule has 0 unspecified atom stereocenters. The van der Waals surface area contributed by atoms with Gasteiger partial charge < -0.3 is 15.0 Å². The number of aryl methyl sites for hydroxylation is 1. The Kier molecular flexibility index (Phi) is 10.5. The molecule has 3 rings (SSSR count). The second kappa shape index (κ2) is 13.6. The molecule has 39 heavy (non-hydrogen) atoms. The van der Waals surface area contributed by atoms with Gasteiger partial charge in [-0.15, -0.1) is 0 Å². The summed E-state index contributed by atoms with van der Waals surface area (Å²) in [4.78, 5) is 28.2. The van der Waals surface area contributed by atoms with Gasteiger partial charge in [-0.25, -0.2) is 8.42 Å². The van der Waals surface area contributed by atoms with Crippen molar-refractivity contribution in [3.8, 4) is 5.75 Å². The highest BCUT2D eigenvalue weighted by atomic mass is 79.9. The molecular weight excluding hydrogens is 582 g/mol. The molecule has 0 aliphatic rings. The van der Waals surface area contributed by atoms with Gasteiger partial charge in [-0.2, -0.15) is 0 Å². The summed E-state index contributed by atoms with van der Waals surface area (Å²) in [7, 11) is -4.14. The first-order valence-electron chi connectivity index (χ1n) is 12.7. The van der Waals surface area contributed by atoms with Gasteiger partial charge in [0.2, 0.25) is 11.8 Å². The highest BCUT2D eigenvalue weighted by molar-refractivity contribution is 9.10. The number of nitrogens with zero attached hydrogens (tertiary/aromatic N) is 2. The van der Waals surface area contributed by atoms with E-state index in [1.165, 1.54) is 17.0 Å². The van der Waals surface area contributed by atoms with Crippen molar-refractivity contribution in [2.24, 2.45) is 0 Å². The Morgan fingerprint density at radius 1 is 0.974 bits per heavy atom. The van der Waals surface area contributed by atoms with Crippen molar-refractivity contribution in [1.82, 2.24) is 10.2 Å². The van der Waals surface area contributed by atoms with Crippen LogP contribution in [0, 0.1) is 6.92 Å². The standard InChI is InChI=1S/C29H34BrN3O5S/c1-5-31-29(35)22(4)32(19-23-10-8-7-9-21(23)3)28(34)20-33(25-13-15-26(16-14-25)38-6-2)39(36,37)27-17-11-24(30)12-18-27/h7-18,22H,5-6,19-20H2,1-4H3,(H,31,35)/t22-/m1/s1. The topological polar surface area (TPSA) is 96.0 Å². The number of halogens is 1. The Morgan fingerprint density at radius 3 is 2.21 bits per heavy atom. The number of rotatable bonds is 12. The summed E-state index contributed by atoms with van der Waals surface area (Å²) in [6, 6.07) is 19.5. The zero-order valence-corrected chi connectivity index (χ0v) is 25.0. The first-order valence-corrected chi connectivity index (χ1v) is 14.9. The highest BCUT2D eigenvalue weighted by Crippen LogP contribution is 2.27. The minimum atomic E-state index is -4.14. The molecule has 1 N–H and O–H groups in total. The van der Waals surface area contributed by atoms with Crippen LogP contribution in [0.4, 0.5) is 5.69 Å². The summed E-state index contributed by atoms with van der Waals surface area (Å²) in [5.74, 6) is -0.242. The monoisotopic (exact) mass is 615 g/mol. The van der Waals surface area contributed by atoms with E-state index in [0.717, 1.165) is 19.9 Å². The number of nitrogens with one attached hydrogen (secondary N) is 1. The molecule has 0 saturated carbocycles. The van der Waals surface area contributed by atoms with Gasteiger partial charge in [0.1, 0.15) is 18.3 Å². The van der Waals surface area contributed by atoms with Crippen LogP contribution >= 0.6 is 15.9 Å². The van der Waals surface area contributed by atoms with Crippen LogP contribution in [0.25, 0.3) is 0 Å². The van der Waals surface area contributed by atoms with Crippen LogP contribution < -0.4 is 14.4 Å². The third kappa shape index (κ3) is 7.60. The number of benzene rings is 3. The maximum absolute atomic E-state index is 13.9. The van der Waals surface area contributed by atoms with E-state index in [-0.39, 0.29) is 17.3 Å². The van der Waals surface area contributed by atoms with E-state index in [9.17, 15) is 18.0 Å². The number of ether oxygens (including phenoxy) is 1. The highest BCUT2D eigenvalue weighted by Gasteiger charge is 2.32. The molecule has 3 aromatic carbocycles. The number of likely N-dealkylation sites (N-methyl/N-ethyl adjacent to an activating group) is 1. The number of carbonyl (C=O) groups is 2. The van der Waals surface area contributed by atoms with Crippen LogP contribution in [0.15, 0.2) is 82.2 Å². The Labute approximate surface area is 239 Å². The molecule has 3 aromatic rings. The average molecular weight is 617 g/mol. The molecular formula is C29H34BrN3O5S. The van der Waals surface area contributed by atoms with Gasteiger partial charge in [-0.3, -0.25) is 13.9 Å². The largest absolute Gasteiger partial charge is 0.494 e. The Hall–Kier alpha value is -3.37. The molecule has 8 nitrogen and oxygen atoms in total. The van der Waals surface area contributed by atoms with E-state index in [0.29, 0.717) is 24.6 Å². The van der Waals surface area contributed by atoms with Crippen molar-refractivity contribution in [3.63, 3.8) is 0 Å². The van der Waals surface area contributed by atoms with E-state index in [2.05, 4.69) is 21.2 Å². The number of hydrogen-bond acceptors (Lipinski definition) is 5. The molecule has 0 aromatic heterocycles. The predicted molar refractivity (Wildman–Crippen MR) is 156 cm³/mol. The Balaban J connectivity index is 2.04. The van der Waals surface area contributed by atoms with E-state index in [1.807, 2.05) is 38.1 Å². The van der Waals surface area contributed by atoms with E-state index in [1.54, 1.807) is 50.2 Å². The van der Waals surface area contributed by atoms with Crippen molar-refractivity contribution in [3.05, 3.63) is 88.4 Å². The van der Waals surface area contributed by atoms with Gasteiger partial charge in [0.15, 0.2) is 0 Å². The molecule has 0 heterocycles. The lowest BCUT2D eigenvalue weighted by atomic mass is 10.1. The normalized spacial score (nSPS) is 11.9. The lowest BCUT2D eigenvalue weighted by molar-refractivity contribution is -0.139. The molecule has 10 heteroatoms. The van der Waals surface area contributed by atoms with Crippen molar-refractivity contribution < 1.29 is 22.7 Å². The predicted octanol–water partition coefficient (Wildman–Crippen LogP) is 4.90. The molecule has 0 fully saturated rings. The van der Waals surface area contributed by atoms with Crippen LogP contribution in [0.5, 0.6) is 5.75 Å². The summed E-state index contributed by atoms with van der Waals surface area (Å²) in [5.41, 5.74) is 2.13. The number of hydrogen-bond donors (Lipinski definition) is 1. The zero-order chi connectivity index (χ0) is 28.6. The fourth-order valence-corrected chi connectivity index (χ4v) is 5.69. The lowest BCUT2D eigenvalue weighted by Gasteiger charge is -2.32. The molecule has 0 aliphatic heterocycles. The Bertz CT molecular complexity index is 1380. The molecule has 0 radical (unpaired) electrons. The minimum Gasteiger partial charge on any atom is -0.494 e. The fourth-order valence-electron chi connectivity index (χ4n) is 4.01. The van der Waals surface area contributed by atoms with Crippen molar-refractivity contribution in [1.29, 1.82) is 0 Å². The first-order chi connectivity index (χ1) is 18.6. The van der Waals surface area contributed by atoms with Gasteiger partial charge >= 0.3 is 0 Å². The summed E-state index contributed by atoms with van der Waals surface area (Å²) in [6.45, 7) is 7.76. The second-order valence-corrected chi connectivity index (χ2v) is 11.7. The van der Waals surface area contributed by atoms with Gasteiger partial charge in [-0.1, -0.05) is 40.2 Å². The van der Waals surface area contributed by atoms with Crippen LogP contribution in [-0.2, 0) is 26.2 Å². The van der Waals surface area contributed by atoms with Gasteiger partial charge in [0, 0.05) is 17.6 Å². The van der Waals surface area contributed by atoms with Crippen molar-refractivity contribution in [2.45, 2.75) is 45.2 Å². The summed E-state index contributed by atoms with van der Waals surface area (Å²) < 4.78 is 35.0. The van der Waals surface area contributed by atoms with Crippen LogP contribution in [0.1, 0.15) is 31.9 Å². The van der Waals surface area contributed by atoms with Crippen LogP contribution in [0.2, 0.25) is 0 Å². The SMILES string of the molecule is CCNC(=O)[C@@H](C)N(Cc1ccccc1C)C(=O)CN(c1ccc(OCC)cc1)S(=O)(=O)c1ccc(Br)cc1. The summed E-state index contributed by atoms with van der Waals surface area (Å²) >= 11 is 3.33. The molecule has 208 valence electrons. The minimum absolute atomic E-state index is 0.0367. The molecule has 0 spiro atoms. The van der Waals surface area contributed by atoms with Crippen LogP contribution in [-0.4, -0.2) is 50.9 Å². The number of carbonyl (C=O) groups excluding carboxylic acids is 2. The van der Waals surface area contributed by atoms with Gasteiger partial charge in [0.25, 0.3) is 10.0 Å². The maximum Gasteiger partial charge on any atom is 0.264 e. The molecule has 2 amide bonds. The molecule has 0 saturated heterocycles.